The Bertz CT molecular complexity index is 812. The lowest BCUT2D eigenvalue weighted by atomic mass is 9.64. The summed E-state index contributed by atoms with van der Waals surface area (Å²) in [5.41, 5.74) is 3.80. The Morgan fingerprint density at radius 1 is 1.07 bits per heavy atom. The zero-order valence-corrected chi connectivity index (χ0v) is 22.4. The molecular weight excluding hydrogens is 406 g/mol. The normalized spacial score (nSPS) is 29.0. The highest BCUT2D eigenvalue weighted by Crippen LogP contribution is 2.61. The Labute approximate surface area is 185 Å². The number of nitrogens with zero attached hydrogens (tertiary/aromatic N) is 1. The van der Waals surface area contributed by atoms with Gasteiger partial charge in [-0.3, -0.25) is 4.79 Å². The minimum atomic E-state index is -1.40. The van der Waals surface area contributed by atoms with Gasteiger partial charge in [-0.1, -0.05) is 45.3 Å². The Morgan fingerprint density at radius 2 is 1.63 bits per heavy atom. The number of phenolic OH excluding ortho intramolecular Hbond substituents is 1. The van der Waals surface area contributed by atoms with E-state index in [0.29, 0.717) is 23.3 Å². The number of benzene rings is 1. The molecule has 1 aromatic rings. The number of rotatable bonds is 4. The van der Waals surface area contributed by atoms with Gasteiger partial charge >= 0.3 is 0 Å². The molecule has 0 radical (unpaired) electrons. The second kappa shape index (κ2) is 8.01. The molecular formula is C24H41NO3Si2. The molecule has 0 bridgehead atoms. The number of amides is 1. The van der Waals surface area contributed by atoms with Gasteiger partial charge < -0.3 is 14.7 Å². The molecule has 0 saturated heterocycles. The number of hydrogen-bond acceptors (Lipinski definition) is 3. The number of fused-ring (bicyclic) bond motifs is 3. The van der Waals surface area contributed by atoms with Crippen LogP contribution in [0.5, 0.6) is 11.5 Å². The number of ether oxygens (including phenoxy) is 1. The molecule has 1 aromatic carbocycles. The van der Waals surface area contributed by atoms with E-state index >= 15 is 0 Å². The van der Waals surface area contributed by atoms with Crippen molar-refractivity contribution < 1.29 is 14.6 Å². The van der Waals surface area contributed by atoms with Gasteiger partial charge in [0.25, 0.3) is 0 Å². The predicted molar refractivity (Wildman–Crippen MR) is 130 cm³/mol. The summed E-state index contributed by atoms with van der Waals surface area (Å²) in [5.74, 6) is 1.72. The van der Waals surface area contributed by atoms with Crippen LogP contribution in [0.2, 0.25) is 50.4 Å². The molecule has 5 atom stereocenters. The molecule has 0 aromatic heterocycles. The summed E-state index contributed by atoms with van der Waals surface area (Å²) in [6.07, 6.45) is 3.12. The second-order valence-corrected chi connectivity index (χ2v) is 22.7. The average molecular weight is 448 g/mol. The van der Waals surface area contributed by atoms with E-state index in [2.05, 4.69) is 45.3 Å². The van der Waals surface area contributed by atoms with Crippen LogP contribution in [-0.4, -0.2) is 52.3 Å². The van der Waals surface area contributed by atoms with Crippen LogP contribution >= 0.6 is 0 Å². The second-order valence-electron chi connectivity index (χ2n) is 11.8. The zero-order valence-electron chi connectivity index (χ0n) is 20.4. The van der Waals surface area contributed by atoms with Gasteiger partial charge in [0.1, 0.15) is 0 Å². The van der Waals surface area contributed by atoms with Crippen LogP contribution < -0.4 is 4.74 Å². The van der Waals surface area contributed by atoms with Gasteiger partial charge in [0.2, 0.25) is 5.91 Å². The molecule has 1 fully saturated rings. The number of likely N-dealkylation sites (N-methyl/N-ethyl adjacent to an activating group) is 1. The molecule has 3 rings (SSSR count). The van der Waals surface area contributed by atoms with E-state index in [1.807, 2.05) is 18.0 Å². The molecule has 1 amide bonds. The van der Waals surface area contributed by atoms with Gasteiger partial charge in [0, 0.05) is 41.7 Å². The summed E-state index contributed by atoms with van der Waals surface area (Å²) in [5, 5.41) is 11.1. The standard InChI is InChI=1S/C24H41NO3Si2/c1-15(26)25(2)19-12-16-10-11-20(28-3)24(27)23(16)18-14-22(30(7,8)9)21(13-17(18)19)29(4,5)6/h10-11,17-19,21-22,27H,12-14H2,1-9H3/t17?,18-,19+,21?,22?/m0/s1. The summed E-state index contributed by atoms with van der Waals surface area (Å²) in [6.45, 7) is 16.8. The average Bonchev–Trinajstić information content (AvgIpc) is 2.64. The number of methoxy groups -OCH3 is 1. The number of phenols is 1. The van der Waals surface area contributed by atoms with Crippen LogP contribution in [0.25, 0.3) is 0 Å². The van der Waals surface area contributed by atoms with Crippen LogP contribution in [0.15, 0.2) is 12.1 Å². The maximum absolute atomic E-state index is 12.4. The number of carbonyl (C=O) groups excluding carboxylic acids is 1. The van der Waals surface area contributed by atoms with Gasteiger partial charge in [-0.15, -0.1) is 0 Å². The summed E-state index contributed by atoms with van der Waals surface area (Å²) >= 11 is 0. The van der Waals surface area contributed by atoms with Crippen molar-refractivity contribution in [3.8, 4) is 11.5 Å². The minimum absolute atomic E-state index is 0.136. The molecule has 2 aliphatic carbocycles. The Balaban J connectivity index is 2.16. The first kappa shape index (κ1) is 23.4. The third-order valence-corrected chi connectivity index (χ3v) is 14.1. The summed E-state index contributed by atoms with van der Waals surface area (Å²) in [6, 6.07) is 4.19. The van der Waals surface area contributed by atoms with E-state index in [9.17, 15) is 9.90 Å². The summed E-state index contributed by atoms with van der Waals surface area (Å²) in [4.78, 5) is 14.3. The van der Waals surface area contributed by atoms with Crippen LogP contribution in [0.4, 0.5) is 0 Å². The van der Waals surface area contributed by atoms with Crippen molar-refractivity contribution in [1.82, 2.24) is 4.90 Å². The van der Waals surface area contributed by atoms with Crippen molar-refractivity contribution in [3.63, 3.8) is 0 Å². The first-order valence-corrected chi connectivity index (χ1v) is 18.5. The molecule has 0 spiro atoms. The molecule has 0 heterocycles. The first-order chi connectivity index (χ1) is 13.8. The quantitative estimate of drug-likeness (QED) is 0.601. The van der Waals surface area contributed by atoms with E-state index in [-0.39, 0.29) is 11.9 Å². The Hall–Kier alpha value is -1.28. The maximum Gasteiger partial charge on any atom is 0.219 e. The van der Waals surface area contributed by atoms with Crippen LogP contribution in [0.3, 0.4) is 0 Å². The SMILES string of the molecule is COc1ccc2c(c1O)[C@H]1CC([Si](C)(C)C)C([Si](C)(C)C)CC1[C@H](N(C)C(C)=O)C2. The van der Waals surface area contributed by atoms with Crippen molar-refractivity contribution in [3.05, 3.63) is 23.3 Å². The van der Waals surface area contributed by atoms with E-state index in [1.54, 1.807) is 14.0 Å². The van der Waals surface area contributed by atoms with E-state index in [1.165, 1.54) is 12.0 Å². The highest BCUT2D eigenvalue weighted by atomic mass is 28.3. The van der Waals surface area contributed by atoms with Crippen molar-refractivity contribution in [2.45, 2.75) is 88.5 Å². The molecule has 168 valence electrons. The highest BCUT2D eigenvalue weighted by molar-refractivity contribution is 6.83. The third kappa shape index (κ3) is 4.09. The van der Waals surface area contributed by atoms with Crippen molar-refractivity contribution in [2.75, 3.05) is 14.2 Å². The van der Waals surface area contributed by atoms with Crippen molar-refractivity contribution in [1.29, 1.82) is 0 Å². The lowest BCUT2D eigenvalue weighted by Crippen LogP contribution is -2.53. The monoisotopic (exact) mass is 447 g/mol. The minimum Gasteiger partial charge on any atom is -0.504 e. The lowest BCUT2D eigenvalue weighted by Gasteiger charge is -2.55. The van der Waals surface area contributed by atoms with Gasteiger partial charge in [0.15, 0.2) is 11.5 Å². The smallest absolute Gasteiger partial charge is 0.219 e. The Kier molecular flexibility index (Phi) is 6.24. The molecule has 1 N–H and O–H groups in total. The molecule has 2 aliphatic rings. The van der Waals surface area contributed by atoms with E-state index in [4.69, 9.17) is 4.74 Å². The topological polar surface area (TPSA) is 49.8 Å². The number of hydrogen-bond donors (Lipinski definition) is 1. The third-order valence-electron chi connectivity index (χ3n) is 8.04. The fourth-order valence-electron chi connectivity index (χ4n) is 6.33. The molecule has 6 heteroatoms. The molecule has 30 heavy (non-hydrogen) atoms. The van der Waals surface area contributed by atoms with E-state index < -0.39 is 16.1 Å². The van der Waals surface area contributed by atoms with Crippen molar-refractivity contribution >= 4 is 22.1 Å². The fourth-order valence-corrected chi connectivity index (χ4v) is 14.0. The highest BCUT2D eigenvalue weighted by Gasteiger charge is 2.52. The largest absolute Gasteiger partial charge is 0.504 e. The van der Waals surface area contributed by atoms with Gasteiger partial charge in [-0.2, -0.15) is 0 Å². The van der Waals surface area contributed by atoms with Gasteiger partial charge in [-0.25, -0.2) is 0 Å². The lowest BCUT2D eigenvalue weighted by molar-refractivity contribution is -0.131. The van der Waals surface area contributed by atoms with Gasteiger partial charge in [-0.05, 0) is 53.8 Å². The maximum atomic E-state index is 12.4. The summed E-state index contributed by atoms with van der Waals surface area (Å²) < 4.78 is 5.47. The zero-order chi connectivity index (χ0) is 22.6. The van der Waals surface area contributed by atoms with Gasteiger partial charge in [0.05, 0.1) is 7.11 Å². The van der Waals surface area contributed by atoms with E-state index in [0.717, 1.165) is 29.5 Å². The molecule has 3 unspecified atom stereocenters. The molecule has 0 aliphatic heterocycles. The first-order valence-electron chi connectivity index (χ1n) is 11.4. The molecule has 4 nitrogen and oxygen atoms in total. The number of carbonyl (C=O) groups is 1. The van der Waals surface area contributed by atoms with Crippen LogP contribution in [0.1, 0.15) is 36.8 Å². The Morgan fingerprint density at radius 3 is 2.13 bits per heavy atom. The predicted octanol–water partition coefficient (Wildman–Crippen LogP) is 5.71. The van der Waals surface area contributed by atoms with Crippen LogP contribution in [0, 0.1) is 5.92 Å². The van der Waals surface area contributed by atoms with Crippen molar-refractivity contribution in [2.24, 2.45) is 5.92 Å². The summed E-state index contributed by atoms with van der Waals surface area (Å²) in [7, 11) is 0.819. The van der Waals surface area contributed by atoms with Crippen LogP contribution in [-0.2, 0) is 11.2 Å². The fraction of sp³-hybridized carbons (Fsp3) is 0.708. The number of aromatic hydroxyl groups is 1. The molecule has 1 saturated carbocycles.